The second-order valence-corrected chi connectivity index (χ2v) is 6.45. The van der Waals surface area contributed by atoms with E-state index >= 15 is 0 Å². The standard InChI is InChI=1S/C11H21NO2S/c1-10(2,3)14-9(13)12-6-11(4,7-12)8-15-5/h6-8H2,1-5H3. The van der Waals surface area contributed by atoms with Gasteiger partial charge in [0, 0.05) is 24.3 Å². The van der Waals surface area contributed by atoms with Gasteiger partial charge in [-0.2, -0.15) is 11.8 Å². The van der Waals surface area contributed by atoms with E-state index in [1.807, 2.05) is 32.5 Å². The van der Waals surface area contributed by atoms with Crippen LogP contribution in [0.3, 0.4) is 0 Å². The Labute approximate surface area is 96.5 Å². The molecule has 88 valence electrons. The third-order valence-corrected chi connectivity index (χ3v) is 3.28. The molecule has 15 heavy (non-hydrogen) atoms. The number of carbonyl (C=O) groups excluding carboxylic acids is 1. The molecule has 1 rings (SSSR count). The fourth-order valence-electron chi connectivity index (χ4n) is 1.77. The summed E-state index contributed by atoms with van der Waals surface area (Å²) in [5.74, 6) is 1.10. The molecule has 1 aliphatic rings. The molecule has 0 N–H and O–H groups in total. The van der Waals surface area contributed by atoms with E-state index in [2.05, 4.69) is 13.2 Å². The summed E-state index contributed by atoms with van der Waals surface area (Å²) in [7, 11) is 0. The monoisotopic (exact) mass is 231 g/mol. The first-order chi connectivity index (χ1) is 6.76. The lowest BCUT2D eigenvalue weighted by Crippen LogP contribution is -2.59. The molecular weight excluding hydrogens is 210 g/mol. The largest absolute Gasteiger partial charge is 0.444 e. The number of amides is 1. The molecule has 4 heteroatoms. The van der Waals surface area contributed by atoms with Crippen LogP contribution in [0.1, 0.15) is 27.7 Å². The van der Waals surface area contributed by atoms with Gasteiger partial charge < -0.3 is 9.64 Å². The van der Waals surface area contributed by atoms with E-state index in [1.165, 1.54) is 0 Å². The van der Waals surface area contributed by atoms with Gasteiger partial charge in [-0.3, -0.25) is 0 Å². The molecule has 0 aromatic rings. The number of likely N-dealkylation sites (tertiary alicyclic amines) is 1. The van der Waals surface area contributed by atoms with Gasteiger partial charge in [0.1, 0.15) is 5.60 Å². The first-order valence-electron chi connectivity index (χ1n) is 5.23. The molecule has 0 atom stereocenters. The Morgan fingerprint density at radius 1 is 1.47 bits per heavy atom. The van der Waals surface area contributed by atoms with Crippen LogP contribution in [0.4, 0.5) is 4.79 Å². The third kappa shape index (κ3) is 3.59. The summed E-state index contributed by atoms with van der Waals surface area (Å²) in [6, 6.07) is 0. The molecule has 0 aliphatic carbocycles. The van der Waals surface area contributed by atoms with Crippen molar-refractivity contribution in [3.63, 3.8) is 0 Å². The zero-order valence-corrected chi connectivity index (χ0v) is 11.1. The van der Waals surface area contributed by atoms with Crippen molar-refractivity contribution in [2.24, 2.45) is 5.41 Å². The van der Waals surface area contributed by atoms with Crippen LogP contribution >= 0.6 is 11.8 Å². The van der Waals surface area contributed by atoms with Crippen molar-refractivity contribution in [1.29, 1.82) is 0 Å². The number of rotatable bonds is 2. The van der Waals surface area contributed by atoms with Gasteiger partial charge in [0.15, 0.2) is 0 Å². The zero-order valence-electron chi connectivity index (χ0n) is 10.3. The molecule has 0 bridgehead atoms. The molecule has 1 amide bonds. The Hall–Kier alpha value is -0.380. The average Bonchev–Trinajstić information content (AvgIpc) is 1.96. The van der Waals surface area contributed by atoms with Crippen molar-refractivity contribution in [3.8, 4) is 0 Å². The maximum atomic E-state index is 11.6. The van der Waals surface area contributed by atoms with Crippen LogP contribution in [0.15, 0.2) is 0 Å². The highest BCUT2D eigenvalue weighted by Gasteiger charge is 2.42. The molecule has 1 saturated heterocycles. The topological polar surface area (TPSA) is 29.5 Å². The molecule has 0 saturated carbocycles. The summed E-state index contributed by atoms with van der Waals surface area (Å²) in [6.07, 6.45) is 1.92. The Morgan fingerprint density at radius 2 is 2.00 bits per heavy atom. The molecule has 0 spiro atoms. The van der Waals surface area contributed by atoms with Crippen LogP contribution in [-0.2, 0) is 4.74 Å². The lowest BCUT2D eigenvalue weighted by Gasteiger charge is -2.47. The minimum absolute atomic E-state index is 0.180. The maximum absolute atomic E-state index is 11.6. The Kier molecular flexibility index (Phi) is 3.59. The van der Waals surface area contributed by atoms with E-state index < -0.39 is 0 Å². The number of ether oxygens (including phenoxy) is 1. The fraction of sp³-hybridized carbons (Fsp3) is 0.909. The van der Waals surface area contributed by atoms with Crippen molar-refractivity contribution in [3.05, 3.63) is 0 Å². The number of hydrogen-bond donors (Lipinski definition) is 0. The molecule has 0 unspecified atom stereocenters. The summed E-state index contributed by atoms with van der Waals surface area (Å²) in [4.78, 5) is 13.4. The predicted molar refractivity (Wildman–Crippen MR) is 64.3 cm³/mol. The van der Waals surface area contributed by atoms with E-state index in [-0.39, 0.29) is 17.1 Å². The fourth-order valence-corrected chi connectivity index (χ4v) is 2.65. The van der Waals surface area contributed by atoms with Gasteiger partial charge in [0.25, 0.3) is 0 Å². The van der Waals surface area contributed by atoms with E-state index in [0.717, 1.165) is 18.8 Å². The Bertz CT molecular complexity index is 241. The molecule has 3 nitrogen and oxygen atoms in total. The first-order valence-corrected chi connectivity index (χ1v) is 6.62. The van der Waals surface area contributed by atoms with Crippen LogP contribution in [0, 0.1) is 5.41 Å². The Balaban J connectivity index is 2.35. The average molecular weight is 231 g/mol. The predicted octanol–water partition coefficient (Wildman–Crippen LogP) is 2.61. The van der Waals surface area contributed by atoms with Gasteiger partial charge in [-0.15, -0.1) is 0 Å². The van der Waals surface area contributed by atoms with E-state index in [9.17, 15) is 4.79 Å². The molecule has 0 aromatic heterocycles. The van der Waals surface area contributed by atoms with Crippen molar-refractivity contribution in [1.82, 2.24) is 4.90 Å². The minimum atomic E-state index is -0.386. The number of nitrogens with zero attached hydrogens (tertiary/aromatic N) is 1. The first kappa shape index (κ1) is 12.7. The zero-order chi connectivity index (χ0) is 11.7. The van der Waals surface area contributed by atoms with Gasteiger partial charge in [0.05, 0.1) is 0 Å². The smallest absolute Gasteiger partial charge is 0.410 e. The second-order valence-electron chi connectivity index (χ2n) is 5.58. The lowest BCUT2D eigenvalue weighted by atomic mass is 9.84. The minimum Gasteiger partial charge on any atom is -0.444 e. The molecular formula is C11H21NO2S. The van der Waals surface area contributed by atoms with Crippen LogP contribution < -0.4 is 0 Å². The summed E-state index contributed by atoms with van der Waals surface area (Å²) in [5.41, 5.74) is -0.0983. The second kappa shape index (κ2) is 4.24. The highest BCUT2D eigenvalue weighted by Crippen LogP contribution is 2.33. The molecule has 0 radical (unpaired) electrons. The molecule has 1 aliphatic heterocycles. The highest BCUT2D eigenvalue weighted by atomic mass is 32.2. The van der Waals surface area contributed by atoms with Crippen molar-refractivity contribution >= 4 is 17.9 Å². The van der Waals surface area contributed by atoms with Gasteiger partial charge in [-0.05, 0) is 27.0 Å². The summed E-state index contributed by atoms with van der Waals surface area (Å²) in [5, 5.41) is 0. The van der Waals surface area contributed by atoms with E-state index in [4.69, 9.17) is 4.74 Å². The van der Waals surface area contributed by atoms with Crippen molar-refractivity contribution in [2.75, 3.05) is 25.1 Å². The number of hydrogen-bond acceptors (Lipinski definition) is 3. The third-order valence-electron chi connectivity index (χ3n) is 2.29. The molecule has 1 heterocycles. The Morgan fingerprint density at radius 3 is 2.40 bits per heavy atom. The van der Waals surface area contributed by atoms with E-state index in [1.54, 1.807) is 4.90 Å². The quantitative estimate of drug-likeness (QED) is 0.731. The number of carbonyl (C=O) groups is 1. The normalized spacial score (nSPS) is 19.7. The van der Waals surface area contributed by atoms with Crippen molar-refractivity contribution in [2.45, 2.75) is 33.3 Å². The summed E-state index contributed by atoms with van der Waals surface area (Å²) in [6.45, 7) is 9.54. The van der Waals surface area contributed by atoms with E-state index in [0.29, 0.717) is 0 Å². The van der Waals surface area contributed by atoms with Crippen molar-refractivity contribution < 1.29 is 9.53 Å². The van der Waals surface area contributed by atoms with Gasteiger partial charge >= 0.3 is 6.09 Å². The van der Waals surface area contributed by atoms with Crippen LogP contribution in [0.5, 0.6) is 0 Å². The van der Waals surface area contributed by atoms with Crippen LogP contribution in [0.25, 0.3) is 0 Å². The highest BCUT2D eigenvalue weighted by molar-refractivity contribution is 7.98. The lowest BCUT2D eigenvalue weighted by molar-refractivity contribution is -0.0203. The molecule has 1 fully saturated rings. The summed E-state index contributed by atoms with van der Waals surface area (Å²) < 4.78 is 5.29. The molecule has 0 aromatic carbocycles. The van der Waals surface area contributed by atoms with Crippen LogP contribution in [-0.4, -0.2) is 41.7 Å². The SMILES string of the molecule is CSCC1(C)CN(C(=O)OC(C)(C)C)C1. The number of thioether (sulfide) groups is 1. The van der Waals surface area contributed by atoms with Gasteiger partial charge in [0.2, 0.25) is 0 Å². The van der Waals surface area contributed by atoms with Crippen LogP contribution in [0.2, 0.25) is 0 Å². The summed E-state index contributed by atoms with van der Waals surface area (Å²) >= 11 is 1.83. The van der Waals surface area contributed by atoms with Gasteiger partial charge in [-0.25, -0.2) is 4.79 Å². The van der Waals surface area contributed by atoms with Gasteiger partial charge in [-0.1, -0.05) is 6.92 Å². The maximum Gasteiger partial charge on any atom is 0.410 e.